The molecule has 2 rings (SSSR count). The quantitative estimate of drug-likeness (QED) is 0.781. The molecule has 0 aromatic heterocycles. The number of carbonyl (C=O) groups is 1. The van der Waals surface area contributed by atoms with Gasteiger partial charge in [-0.05, 0) is 37.3 Å². The number of ether oxygens (including phenoxy) is 1. The van der Waals surface area contributed by atoms with Gasteiger partial charge in [-0.1, -0.05) is 18.2 Å². The fraction of sp³-hybridized carbons (Fsp3) is 0.533. The van der Waals surface area contributed by atoms with Crippen molar-refractivity contribution < 1.29 is 17.9 Å². The Morgan fingerprint density at radius 2 is 2.14 bits per heavy atom. The summed E-state index contributed by atoms with van der Waals surface area (Å²) in [6.07, 6.45) is 2.15. The molecular formula is C15H21NO4S. The van der Waals surface area contributed by atoms with E-state index in [1.165, 1.54) is 11.4 Å². The van der Waals surface area contributed by atoms with Crippen molar-refractivity contribution in [2.75, 3.05) is 23.7 Å². The first kappa shape index (κ1) is 15.8. The molecule has 0 aliphatic carbocycles. The first-order valence-electron chi connectivity index (χ1n) is 7.11. The van der Waals surface area contributed by atoms with Gasteiger partial charge in [-0.2, -0.15) is 0 Å². The normalized spacial score (nSPS) is 14.7. The van der Waals surface area contributed by atoms with Gasteiger partial charge >= 0.3 is 5.97 Å². The molecule has 0 spiro atoms. The highest BCUT2D eigenvalue weighted by molar-refractivity contribution is 7.92. The molecule has 0 atom stereocenters. The Hall–Kier alpha value is -1.56. The minimum Gasteiger partial charge on any atom is -0.469 e. The van der Waals surface area contributed by atoms with Crippen LogP contribution in [0.5, 0.6) is 0 Å². The number of esters is 1. The molecular weight excluding hydrogens is 290 g/mol. The summed E-state index contributed by atoms with van der Waals surface area (Å²) in [5.41, 5.74) is 2.88. The third-order valence-electron chi connectivity index (χ3n) is 3.72. The number of nitrogens with zero attached hydrogens (tertiary/aromatic N) is 1. The van der Waals surface area contributed by atoms with Gasteiger partial charge in [-0.25, -0.2) is 8.42 Å². The Morgan fingerprint density at radius 1 is 1.38 bits per heavy atom. The van der Waals surface area contributed by atoms with Gasteiger partial charge < -0.3 is 4.74 Å². The third kappa shape index (κ3) is 3.56. The van der Waals surface area contributed by atoms with Crippen molar-refractivity contribution in [3.05, 3.63) is 29.3 Å². The summed E-state index contributed by atoms with van der Waals surface area (Å²) < 4.78 is 31.1. The van der Waals surface area contributed by atoms with Crippen LogP contribution in [0.3, 0.4) is 0 Å². The Labute approximate surface area is 126 Å². The molecule has 0 bridgehead atoms. The summed E-state index contributed by atoms with van der Waals surface area (Å²) in [6, 6.07) is 5.88. The van der Waals surface area contributed by atoms with Crippen molar-refractivity contribution in [2.45, 2.75) is 32.6 Å². The minimum atomic E-state index is -3.40. The zero-order valence-corrected chi connectivity index (χ0v) is 13.3. The lowest BCUT2D eigenvalue weighted by atomic mass is 10.0. The highest BCUT2D eigenvalue weighted by atomic mass is 32.2. The molecule has 1 aliphatic heterocycles. The number of rotatable bonds is 5. The lowest BCUT2D eigenvalue weighted by Gasteiger charge is -2.32. The molecule has 21 heavy (non-hydrogen) atoms. The second-order valence-corrected chi connectivity index (χ2v) is 7.27. The van der Waals surface area contributed by atoms with Crippen LogP contribution < -0.4 is 4.31 Å². The Kier molecular flexibility index (Phi) is 4.88. The molecule has 0 fully saturated rings. The summed E-state index contributed by atoms with van der Waals surface area (Å²) in [5.74, 6) is -0.406. The van der Waals surface area contributed by atoms with Crippen LogP contribution in [0.15, 0.2) is 18.2 Å². The maximum Gasteiger partial charge on any atom is 0.305 e. The maximum absolute atomic E-state index is 12.5. The smallest absolute Gasteiger partial charge is 0.305 e. The van der Waals surface area contributed by atoms with Crippen LogP contribution in [0.25, 0.3) is 0 Å². The lowest BCUT2D eigenvalue weighted by molar-refractivity contribution is -0.140. The number of sulfonamides is 1. The molecule has 1 aromatic carbocycles. The van der Waals surface area contributed by atoms with Gasteiger partial charge in [0.25, 0.3) is 0 Å². The average Bonchev–Trinajstić information content (AvgIpc) is 2.46. The van der Waals surface area contributed by atoms with E-state index in [9.17, 15) is 13.2 Å². The number of fused-ring (bicyclic) bond motifs is 1. The molecule has 0 amide bonds. The summed E-state index contributed by atoms with van der Waals surface area (Å²) in [7, 11) is -2.09. The lowest BCUT2D eigenvalue weighted by Crippen LogP contribution is -2.37. The van der Waals surface area contributed by atoms with E-state index in [4.69, 9.17) is 0 Å². The van der Waals surface area contributed by atoms with Crippen LogP contribution in [0.4, 0.5) is 5.69 Å². The molecule has 0 saturated carbocycles. The largest absolute Gasteiger partial charge is 0.469 e. The van der Waals surface area contributed by atoms with E-state index in [-0.39, 0.29) is 24.6 Å². The molecule has 5 nitrogen and oxygen atoms in total. The van der Waals surface area contributed by atoms with E-state index in [0.29, 0.717) is 6.54 Å². The zero-order valence-electron chi connectivity index (χ0n) is 12.5. The van der Waals surface area contributed by atoms with E-state index >= 15 is 0 Å². The first-order chi connectivity index (χ1) is 9.95. The molecule has 1 aliphatic rings. The Morgan fingerprint density at radius 3 is 2.86 bits per heavy atom. The number of carbonyl (C=O) groups excluding carboxylic acids is 1. The minimum absolute atomic E-state index is 0.0319. The van der Waals surface area contributed by atoms with E-state index in [1.807, 2.05) is 25.1 Å². The second kappa shape index (κ2) is 6.47. The molecule has 1 heterocycles. The molecule has 0 N–H and O–H groups in total. The Bertz CT molecular complexity index is 625. The van der Waals surface area contributed by atoms with Crippen molar-refractivity contribution in [1.29, 1.82) is 0 Å². The number of benzene rings is 1. The van der Waals surface area contributed by atoms with Gasteiger partial charge in [0.15, 0.2) is 0 Å². The van der Waals surface area contributed by atoms with Crippen LogP contribution in [0.2, 0.25) is 0 Å². The predicted molar refractivity (Wildman–Crippen MR) is 81.9 cm³/mol. The van der Waals surface area contributed by atoms with Crippen LogP contribution in [-0.2, 0) is 26.0 Å². The van der Waals surface area contributed by atoms with Crippen LogP contribution in [0.1, 0.15) is 30.4 Å². The highest BCUT2D eigenvalue weighted by Crippen LogP contribution is 2.32. The summed E-state index contributed by atoms with van der Waals surface area (Å²) >= 11 is 0. The first-order valence-corrected chi connectivity index (χ1v) is 8.72. The van der Waals surface area contributed by atoms with Crippen molar-refractivity contribution in [3.63, 3.8) is 0 Å². The fourth-order valence-corrected chi connectivity index (χ4v) is 4.37. The summed E-state index contributed by atoms with van der Waals surface area (Å²) in [4.78, 5) is 11.1. The van der Waals surface area contributed by atoms with Crippen molar-refractivity contribution >= 4 is 21.7 Å². The van der Waals surface area contributed by atoms with Crippen LogP contribution >= 0.6 is 0 Å². The topological polar surface area (TPSA) is 63.7 Å². The fourth-order valence-electron chi connectivity index (χ4n) is 2.69. The van der Waals surface area contributed by atoms with E-state index in [0.717, 1.165) is 29.7 Å². The predicted octanol–water partition coefficient (Wildman–Crippen LogP) is 2.03. The third-order valence-corrected chi connectivity index (χ3v) is 5.57. The Balaban J connectivity index is 2.17. The van der Waals surface area contributed by atoms with E-state index < -0.39 is 10.0 Å². The average molecular weight is 311 g/mol. The molecule has 0 unspecified atom stereocenters. The van der Waals surface area contributed by atoms with Gasteiger partial charge in [-0.3, -0.25) is 9.10 Å². The van der Waals surface area contributed by atoms with Crippen LogP contribution in [-0.4, -0.2) is 33.8 Å². The van der Waals surface area contributed by atoms with Gasteiger partial charge in [0.05, 0.1) is 18.6 Å². The van der Waals surface area contributed by atoms with Crippen molar-refractivity contribution in [2.24, 2.45) is 0 Å². The van der Waals surface area contributed by atoms with Gasteiger partial charge in [0, 0.05) is 13.0 Å². The number of methoxy groups -OCH3 is 1. The van der Waals surface area contributed by atoms with Crippen LogP contribution in [0, 0.1) is 6.92 Å². The summed E-state index contributed by atoms with van der Waals surface area (Å²) in [6.45, 7) is 2.44. The van der Waals surface area contributed by atoms with Gasteiger partial charge in [0.2, 0.25) is 10.0 Å². The van der Waals surface area contributed by atoms with Crippen molar-refractivity contribution in [1.82, 2.24) is 0 Å². The van der Waals surface area contributed by atoms with E-state index in [2.05, 4.69) is 4.74 Å². The van der Waals surface area contributed by atoms with Crippen molar-refractivity contribution in [3.8, 4) is 0 Å². The summed E-state index contributed by atoms with van der Waals surface area (Å²) in [5, 5.41) is 0. The number of anilines is 1. The monoisotopic (exact) mass is 311 g/mol. The number of para-hydroxylation sites is 1. The number of hydrogen-bond acceptors (Lipinski definition) is 4. The number of aryl methyl sites for hydroxylation is 2. The molecule has 116 valence electrons. The molecule has 0 radical (unpaired) electrons. The van der Waals surface area contributed by atoms with E-state index in [1.54, 1.807) is 0 Å². The zero-order chi connectivity index (χ0) is 15.5. The highest BCUT2D eigenvalue weighted by Gasteiger charge is 2.28. The standard InChI is InChI=1S/C15H21NO4S/c1-12-6-3-7-13-8-4-10-16(15(12)13)21(18,19)11-5-9-14(17)20-2/h3,6-7H,4-5,8-11H2,1-2H3. The van der Waals surface area contributed by atoms with Gasteiger partial charge in [-0.15, -0.1) is 0 Å². The van der Waals surface area contributed by atoms with Gasteiger partial charge in [0.1, 0.15) is 0 Å². The molecule has 1 aromatic rings. The number of hydrogen-bond donors (Lipinski definition) is 0. The molecule has 6 heteroatoms. The maximum atomic E-state index is 12.5. The molecule has 0 saturated heterocycles. The SMILES string of the molecule is COC(=O)CCCS(=O)(=O)N1CCCc2cccc(C)c21. The second-order valence-electron chi connectivity index (χ2n) is 5.25.